The lowest BCUT2D eigenvalue weighted by molar-refractivity contribution is 0.123. The van der Waals surface area contributed by atoms with Crippen LogP contribution in [0.25, 0.3) is 0 Å². The maximum Gasteiger partial charge on any atom is 0.315 e. The van der Waals surface area contributed by atoms with Crippen LogP contribution in [0.3, 0.4) is 0 Å². The van der Waals surface area contributed by atoms with Crippen LogP contribution < -0.4 is 10.6 Å². The molecule has 0 unspecified atom stereocenters. The molecule has 0 radical (unpaired) electrons. The van der Waals surface area contributed by atoms with Crippen molar-refractivity contribution in [2.45, 2.75) is 25.4 Å². The van der Waals surface area contributed by atoms with Crippen molar-refractivity contribution in [1.82, 2.24) is 20.1 Å². The number of nitrogens with zero attached hydrogens (tertiary/aromatic N) is 2. The summed E-state index contributed by atoms with van der Waals surface area (Å²) in [6.45, 7) is 5.12. The van der Waals surface area contributed by atoms with E-state index in [9.17, 15) is 4.79 Å². The van der Waals surface area contributed by atoms with Crippen LogP contribution in [0.1, 0.15) is 12.8 Å². The smallest absolute Gasteiger partial charge is 0.315 e. The van der Waals surface area contributed by atoms with Gasteiger partial charge in [0.2, 0.25) is 0 Å². The molecule has 0 saturated carbocycles. The number of ether oxygens (including phenoxy) is 1. The van der Waals surface area contributed by atoms with Crippen molar-refractivity contribution in [1.29, 1.82) is 0 Å². The topological polar surface area (TPSA) is 58.5 Å². The maximum atomic E-state index is 11.9. The fraction of sp³-hybridized carbons (Fsp3) is 0.667. The van der Waals surface area contributed by atoms with Crippen molar-refractivity contribution >= 4 is 6.03 Å². The van der Waals surface area contributed by atoms with Crippen LogP contribution in [-0.4, -0.2) is 61.4 Å². The molecule has 1 aromatic rings. The largest absolute Gasteiger partial charge is 0.383 e. The number of piperidine rings is 1. The summed E-state index contributed by atoms with van der Waals surface area (Å²) >= 11 is 0. The highest BCUT2D eigenvalue weighted by atomic mass is 16.5. The molecule has 1 atom stereocenters. The summed E-state index contributed by atoms with van der Waals surface area (Å²) in [5.74, 6) is 0. The second-order valence-corrected chi connectivity index (χ2v) is 5.45. The summed E-state index contributed by atoms with van der Waals surface area (Å²) in [7, 11) is 1.72. The van der Waals surface area contributed by atoms with Gasteiger partial charge >= 0.3 is 6.03 Å². The van der Waals surface area contributed by atoms with E-state index >= 15 is 0 Å². The van der Waals surface area contributed by atoms with Gasteiger partial charge in [0, 0.05) is 51.7 Å². The standard InChI is InChI=1S/C15H26N4O2/c1-21-12-11-19-9-4-5-14(13-19)17-15(20)16-6-10-18-7-2-3-8-18/h2-3,7-8,14H,4-6,9-13H2,1H3,(H2,16,17,20)/t14-/m0/s1. The van der Waals surface area contributed by atoms with Gasteiger partial charge in [0.25, 0.3) is 0 Å². The Morgan fingerprint density at radius 3 is 2.90 bits per heavy atom. The SMILES string of the molecule is COCCN1CCC[C@H](NC(=O)NCCn2cccc2)C1. The van der Waals surface area contributed by atoms with Crippen LogP contribution in [0.4, 0.5) is 4.79 Å². The van der Waals surface area contributed by atoms with Gasteiger partial charge < -0.3 is 19.9 Å². The zero-order valence-electron chi connectivity index (χ0n) is 12.8. The molecule has 2 N–H and O–H groups in total. The third-order valence-corrected chi connectivity index (χ3v) is 3.77. The molecule has 6 heteroatoms. The summed E-state index contributed by atoms with van der Waals surface area (Å²) in [6.07, 6.45) is 6.16. The highest BCUT2D eigenvalue weighted by Gasteiger charge is 2.20. The molecule has 0 spiro atoms. The first-order chi connectivity index (χ1) is 10.3. The molecule has 0 aliphatic carbocycles. The molecule has 6 nitrogen and oxygen atoms in total. The molecule has 1 aliphatic heterocycles. The summed E-state index contributed by atoms with van der Waals surface area (Å²) in [5.41, 5.74) is 0. The minimum absolute atomic E-state index is 0.0688. The Balaban J connectivity index is 1.62. The number of nitrogens with one attached hydrogen (secondary N) is 2. The number of likely N-dealkylation sites (tertiary alicyclic amines) is 1. The second-order valence-electron chi connectivity index (χ2n) is 5.45. The van der Waals surface area contributed by atoms with Gasteiger partial charge in [-0.1, -0.05) is 0 Å². The normalized spacial score (nSPS) is 19.4. The molecular formula is C15H26N4O2. The molecule has 2 amide bonds. The van der Waals surface area contributed by atoms with Crippen LogP contribution in [0, 0.1) is 0 Å². The lowest BCUT2D eigenvalue weighted by atomic mass is 10.1. The van der Waals surface area contributed by atoms with Crippen LogP contribution in [-0.2, 0) is 11.3 Å². The number of methoxy groups -OCH3 is 1. The molecule has 1 aromatic heterocycles. The van der Waals surface area contributed by atoms with Gasteiger partial charge in [0.15, 0.2) is 0 Å². The molecule has 2 heterocycles. The highest BCUT2D eigenvalue weighted by Crippen LogP contribution is 2.09. The van der Waals surface area contributed by atoms with E-state index in [2.05, 4.69) is 15.5 Å². The van der Waals surface area contributed by atoms with Gasteiger partial charge in [-0.15, -0.1) is 0 Å². The van der Waals surface area contributed by atoms with Gasteiger partial charge in [-0.3, -0.25) is 4.90 Å². The first-order valence-corrected chi connectivity index (χ1v) is 7.64. The van der Waals surface area contributed by atoms with E-state index in [1.165, 1.54) is 0 Å². The molecule has 0 aromatic carbocycles. The fourth-order valence-electron chi connectivity index (χ4n) is 2.65. The van der Waals surface area contributed by atoms with Crippen molar-refractivity contribution in [2.24, 2.45) is 0 Å². The van der Waals surface area contributed by atoms with Crippen molar-refractivity contribution in [2.75, 3.05) is 39.9 Å². The van der Waals surface area contributed by atoms with E-state index in [4.69, 9.17) is 4.74 Å². The van der Waals surface area contributed by atoms with Gasteiger partial charge in [0.05, 0.1) is 6.61 Å². The van der Waals surface area contributed by atoms with E-state index in [1.807, 2.05) is 29.1 Å². The zero-order chi connectivity index (χ0) is 14.9. The minimum Gasteiger partial charge on any atom is -0.383 e. The summed E-state index contributed by atoms with van der Waals surface area (Å²) in [5, 5.41) is 5.98. The average Bonchev–Trinajstić information content (AvgIpc) is 2.99. The van der Waals surface area contributed by atoms with Crippen LogP contribution in [0.15, 0.2) is 24.5 Å². The average molecular weight is 294 g/mol. The zero-order valence-corrected chi connectivity index (χ0v) is 12.8. The number of urea groups is 1. The highest BCUT2D eigenvalue weighted by molar-refractivity contribution is 5.74. The van der Waals surface area contributed by atoms with E-state index in [0.717, 1.165) is 45.6 Å². The van der Waals surface area contributed by atoms with Crippen LogP contribution in [0.2, 0.25) is 0 Å². The second kappa shape index (κ2) is 8.69. The van der Waals surface area contributed by atoms with Gasteiger partial charge in [-0.25, -0.2) is 4.79 Å². The molecule has 21 heavy (non-hydrogen) atoms. The summed E-state index contributed by atoms with van der Waals surface area (Å²) in [4.78, 5) is 14.2. The van der Waals surface area contributed by atoms with Crippen molar-refractivity contribution in [3.05, 3.63) is 24.5 Å². The molecule has 0 bridgehead atoms. The lowest BCUT2D eigenvalue weighted by Crippen LogP contribution is -2.51. The lowest BCUT2D eigenvalue weighted by Gasteiger charge is -2.32. The Bertz CT molecular complexity index is 408. The van der Waals surface area contributed by atoms with Gasteiger partial charge in [0.1, 0.15) is 0 Å². The first-order valence-electron chi connectivity index (χ1n) is 7.64. The van der Waals surface area contributed by atoms with Gasteiger partial charge in [-0.2, -0.15) is 0 Å². The first kappa shape index (κ1) is 15.9. The van der Waals surface area contributed by atoms with Crippen LogP contribution >= 0.6 is 0 Å². The predicted octanol–water partition coefficient (Wildman–Crippen LogP) is 0.898. The van der Waals surface area contributed by atoms with E-state index < -0.39 is 0 Å². The third kappa shape index (κ3) is 5.77. The van der Waals surface area contributed by atoms with E-state index in [-0.39, 0.29) is 12.1 Å². The number of carbonyl (C=O) groups excluding carboxylic acids is 1. The maximum absolute atomic E-state index is 11.9. The number of rotatable bonds is 7. The number of hydrogen-bond acceptors (Lipinski definition) is 3. The van der Waals surface area contributed by atoms with Crippen molar-refractivity contribution in [3.63, 3.8) is 0 Å². The van der Waals surface area contributed by atoms with Crippen molar-refractivity contribution < 1.29 is 9.53 Å². The predicted molar refractivity (Wildman–Crippen MR) is 82.3 cm³/mol. The van der Waals surface area contributed by atoms with Crippen LogP contribution in [0.5, 0.6) is 0 Å². The Hall–Kier alpha value is -1.53. The molecule has 1 aliphatic rings. The quantitative estimate of drug-likeness (QED) is 0.785. The number of carbonyl (C=O) groups is 1. The Morgan fingerprint density at radius 1 is 1.33 bits per heavy atom. The fourth-order valence-corrected chi connectivity index (χ4v) is 2.65. The van der Waals surface area contributed by atoms with Crippen molar-refractivity contribution in [3.8, 4) is 0 Å². The number of hydrogen-bond donors (Lipinski definition) is 2. The molecule has 118 valence electrons. The molecule has 2 rings (SSSR count). The third-order valence-electron chi connectivity index (χ3n) is 3.77. The minimum atomic E-state index is -0.0688. The Morgan fingerprint density at radius 2 is 2.14 bits per heavy atom. The molecule has 1 saturated heterocycles. The van der Waals surface area contributed by atoms with E-state index in [0.29, 0.717) is 6.54 Å². The number of aromatic nitrogens is 1. The Labute approximate surface area is 126 Å². The Kier molecular flexibility index (Phi) is 6.56. The summed E-state index contributed by atoms with van der Waals surface area (Å²) < 4.78 is 7.15. The number of amides is 2. The summed E-state index contributed by atoms with van der Waals surface area (Å²) in [6, 6.07) is 4.14. The monoisotopic (exact) mass is 294 g/mol. The molecular weight excluding hydrogens is 268 g/mol. The molecule has 1 fully saturated rings. The van der Waals surface area contributed by atoms with Gasteiger partial charge in [-0.05, 0) is 31.5 Å². The van der Waals surface area contributed by atoms with E-state index in [1.54, 1.807) is 7.11 Å².